The maximum Gasteiger partial charge on any atom is 0.225 e. The van der Waals surface area contributed by atoms with Crippen LogP contribution in [0.3, 0.4) is 0 Å². The summed E-state index contributed by atoms with van der Waals surface area (Å²) >= 11 is 0. The number of benzene rings is 1. The van der Waals surface area contributed by atoms with E-state index >= 15 is 0 Å². The molecule has 0 radical (unpaired) electrons. The first-order valence-electron chi connectivity index (χ1n) is 8.17. The fourth-order valence-electron chi connectivity index (χ4n) is 2.19. The van der Waals surface area contributed by atoms with E-state index < -0.39 is 0 Å². The van der Waals surface area contributed by atoms with Gasteiger partial charge in [-0.05, 0) is 36.5 Å². The van der Waals surface area contributed by atoms with E-state index in [9.17, 15) is 4.79 Å². The quantitative estimate of drug-likeness (QED) is 0.771. The van der Waals surface area contributed by atoms with Crippen molar-refractivity contribution in [2.45, 2.75) is 33.1 Å². The highest BCUT2D eigenvalue weighted by Crippen LogP contribution is 2.11. The number of rotatable bonds is 8. The third-order valence-corrected chi connectivity index (χ3v) is 3.57. The van der Waals surface area contributed by atoms with Crippen LogP contribution in [0.2, 0.25) is 0 Å². The molecule has 0 bridgehead atoms. The van der Waals surface area contributed by atoms with Crippen molar-refractivity contribution in [3.8, 4) is 0 Å². The standard InChI is InChI=1S/C19H25N3O/c1-15(2)12-13-20-17-9-10-18(21-14-17)22-19(23)11-8-16-6-4-3-5-7-16/h3-7,9-10,14-15,20H,8,11-13H2,1-2H3,(H,21,22,23). The van der Waals surface area contributed by atoms with Crippen LogP contribution in [0.5, 0.6) is 0 Å². The van der Waals surface area contributed by atoms with Crippen molar-refractivity contribution >= 4 is 17.4 Å². The Hall–Kier alpha value is -2.36. The van der Waals surface area contributed by atoms with E-state index in [-0.39, 0.29) is 5.91 Å². The molecule has 2 aromatic rings. The maximum absolute atomic E-state index is 12.0. The SMILES string of the molecule is CC(C)CCNc1ccc(NC(=O)CCc2ccccc2)nc1. The van der Waals surface area contributed by atoms with E-state index in [1.54, 1.807) is 6.20 Å². The van der Waals surface area contributed by atoms with E-state index in [2.05, 4.69) is 29.5 Å². The molecule has 122 valence electrons. The number of carbonyl (C=O) groups excluding carboxylic acids is 1. The Morgan fingerprint density at radius 2 is 1.91 bits per heavy atom. The molecule has 0 saturated carbocycles. The summed E-state index contributed by atoms with van der Waals surface area (Å²) < 4.78 is 0. The lowest BCUT2D eigenvalue weighted by Gasteiger charge is -2.09. The number of pyridine rings is 1. The molecule has 0 saturated heterocycles. The van der Waals surface area contributed by atoms with Gasteiger partial charge in [-0.2, -0.15) is 0 Å². The molecule has 1 aromatic heterocycles. The van der Waals surface area contributed by atoms with Gasteiger partial charge >= 0.3 is 0 Å². The number of anilines is 2. The molecule has 1 aromatic carbocycles. The van der Waals surface area contributed by atoms with Crippen molar-refractivity contribution in [2.24, 2.45) is 5.92 Å². The van der Waals surface area contributed by atoms with Gasteiger partial charge in [-0.3, -0.25) is 4.79 Å². The third-order valence-electron chi connectivity index (χ3n) is 3.57. The van der Waals surface area contributed by atoms with Crippen LogP contribution < -0.4 is 10.6 Å². The number of nitrogens with one attached hydrogen (secondary N) is 2. The lowest BCUT2D eigenvalue weighted by molar-refractivity contribution is -0.116. The zero-order valence-corrected chi connectivity index (χ0v) is 13.9. The number of aromatic nitrogens is 1. The molecule has 0 atom stereocenters. The molecular formula is C19H25N3O. The summed E-state index contributed by atoms with van der Waals surface area (Å²) in [6.45, 7) is 5.34. The van der Waals surface area contributed by atoms with Crippen molar-refractivity contribution in [3.05, 3.63) is 54.2 Å². The highest BCUT2D eigenvalue weighted by Gasteiger charge is 2.04. The number of nitrogens with zero attached hydrogens (tertiary/aromatic N) is 1. The van der Waals surface area contributed by atoms with Crippen LogP contribution in [0, 0.1) is 5.92 Å². The van der Waals surface area contributed by atoms with Crippen molar-refractivity contribution in [3.63, 3.8) is 0 Å². The highest BCUT2D eigenvalue weighted by atomic mass is 16.1. The number of amides is 1. The predicted octanol–water partition coefficient (Wildman–Crippen LogP) is 4.11. The second-order valence-electron chi connectivity index (χ2n) is 6.08. The summed E-state index contributed by atoms with van der Waals surface area (Å²) in [7, 11) is 0. The molecular weight excluding hydrogens is 286 g/mol. The summed E-state index contributed by atoms with van der Waals surface area (Å²) in [5.74, 6) is 1.26. The van der Waals surface area contributed by atoms with Crippen molar-refractivity contribution in [2.75, 3.05) is 17.2 Å². The Bertz CT molecular complexity index is 594. The summed E-state index contributed by atoms with van der Waals surface area (Å²) in [5.41, 5.74) is 2.15. The Morgan fingerprint density at radius 1 is 1.13 bits per heavy atom. The van der Waals surface area contributed by atoms with Crippen LogP contribution in [0.1, 0.15) is 32.3 Å². The van der Waals surface area contributed by atoms with Gasteiger partial charge in [-0.25, -0.2) is 4.98 Å². The topological polar surface area (TPSA) is 54.0 Å². The van der Waals surface area contributed by atoms with E-state index in [0.29, 0.717) is 18.2 Å². The Balaban J connectivity index is 1.75. The number of aryl methyl sites for hydroxylation is 1. The minimum absolute atomic E-state index is 0.0122. The second-order valence-corrected chi connectivity index (χ2v) is 6.08. The average molecular weight is 311 g/mol. The van der Waals surface area contributed by atoms with E-state index in [0.717, 1.165) is 25.1 Å². The normalized spacial score (nSPS) is 10.6. The van der Waals surface area contributed by atoms with Crippen LogP contribution in [0.4, 0.5) is 11.5 Å². The number of hydrogen-bond donors (Lipinski definition) is 2. The number of hydrogen-bond acceptors (Lipinski definition) is 3. The lowest BCUT2D eigenvalue weighted by atomic mass is 10.1. The minimum atomic E-state index is -0.0122. The van der Waals surface area contributed by atoms with Crippen molar-refractivity contribution in [1.82, 2.24) is 4.98 Å². The smallest absolute Gasteiger partial charge is 0.225 e. The Kier molecular flexibility index (Phi) is 6.60. The largest absolute Gasteiger partial charge is 0.384 e. The zero-order valence-electron chi connectivity index (χ0n) is 13.9. The minimum Gasteiger partial charge on any atom is -0.384 e. The lowest BCUT2D eigenvalue weighted by Crippen LogP contribution is -2.13. The van der Waals surface area contributed by atoms with Crippen LogP contribution in [0.15, 0.2) is 48.7 Å². The fourth-order valence-corrected chi connectivity index (χ4v) is 2.19. The summed E-state index contributed by atoms with van der Waals surface area (Å²) in [6.07, 6.45) is 4.08. The van der Waals surface area contributed by atoms with Crippen LogP contribution in [-0.4, -0.2) is 17.4 Å². The van der Waals surface area contributed by atoms with Crippen molar-refractivity contribution < 1.29 is 4.79 Å². The van der Waals surface area contributed by atoms with E-state index in [4.69, 9.17) is 0 Å². The van der Waals surface area contributed by atoms with E-state index in [1.807, 2.05) is 42.5 Å². The van der Waals surface area contributed by atoms with E-state index in [1.165, 1.54) is 5.56 Å². The maximum atomic E-state index is 12.0. The van der Waals surface area contributed by atoms with Gasteiger partial charge < -0.3 is 10.6 Å². The molecule has 0 aliphatic carbocycles. The van der Waals surface area contributed by atoms with Gasteiger partial charge in [0.25, 0.3) is 0 Å². The van der Waals surface area contributed by atoms with Gasteiger partial charge in [0.1, 0.15) is 5.82 Å². The Labute approximate surface area is 138 Å². The highest BCUT2D eigenvalue weighted by molar-refractivity contribution is 5.89. The van der Waals surface area contributed by atoms with Gasteiger partial charge in [0.05, 0.1) is 11.9 Å². The van der Waals surface area contributed by atoms with Gasteiger partial charge in [0.15, 0.2) is 0 Å². The van der Waals surface area contributed by atoms with Gasteiger partial charge in [-0.15, -0.1) is 0 Å². The zero-order chi connectivity index (χ0) is 16.5. The fraction of sp³-hybridized carbons (Fsp3) is 0.368. The molecule has 0 spiro atoms. The molecule has 0 aliphatic rings. The average Bonchev–Trinajstić information content (AvgIpc) is 2.55. The first-order valence-corrected chi connectivity index (χ1v) is 8.17. The predicted molar refractivity (Wildman–Crippen MR) is 95.6 cm³/mol. The van der Waals surface area contributed by atoms with Crippen LogP contribution in [0.25, 0.3) is 0 Å². The Morgan fingerprint density at radius 3 is 2.57 bits per heavy atom. The molecule has 0 unspecified atom stereocenters. The number of carbonyl (C=O) groups is 1. The third kappa shape index (κ3) is 6.51. The van der Waals surface area contributed by atoms with Gasteiger partial charge in [-0.1, -0.05) is 44.2 Å². The van der Waals surface area contributed by atoms with Crippen molar-refractivity contribution in [1.29, 1.82) is 0 Å². The molecule has 4 heteroatoms. The van der Waals surface area contributed by atoms with Crippen LogP contribution in [-0.2, 0) is 11.2 Å². The summed E-state index contributed by atoms with van der Waals surface area (Å²) in [4.78, 5) is 16.2. The molecule has 1 heterocycles. The first kappa shape index (κ1) is 17.0. The molecule has 0 fully saturated rings. The second kappa shape index (κ2) is 8.93. The van der Waals surface area contributed by atoms with Gasteiger partial charge in [0.2, 0.25) is 5.91 Å². The molecule has 1 amide bonds. The summed E-state index contributed by atoms with van der Waals surface area (Å²) in [6, 6.07) is 13.8. The molecule has 23 heavy (non-hydrogen) atoms. The molecule has 2 N–H and O–H groups in total. The monoisotopic (exact) mass is 311 g/mol. The van der Waals surface area contributed by atoms with Gasteiger partial charge in [0, 0.05) is 13.0 Å². The molecule has 2 rings (SSSR count). The van der Waals surface area contributed by atoms with Crippen LogP contribution >= 0.6 is 0 Å². The molecule has 0 aliphatic heterocycles. The first-order chi connectivity index (χ1) is 11.1. The molecule has 4 nitrogen and oxygen atoms in total. The summed E-state index contributed by atoms with van der Waals surface area (Å²) in [5, 5.41) is 6.16.